The van der Waals surface area contributed by atoms with Gasteiger partial charge in [-0.1, -0.05) is 68.4 Å². The zero-order valence-electron chi connectivity index (χ0n) is 14.2. The van der Waals surface area contributed by atoms with Gasteiger partial charge in [-0.2, -0.15) is 0 Å². The summed E-state index contributed by atoms with van der Waals surface area (Å²) in [6.07, 6.45) is 1.01. The van der Waals surface area contributed by atoms with Crippen molar-refractivity contribution in [2.45, 2.75) is 26.3 Å². The maximum atomic E-state index is 12.8. The third-order valence-corrected chi connectivity index (χ3v) is 4.98. The number of ketones is 1. The van der Waals surface area contributed by atoms with Gasteiger partial charge >= 0.3 is 0 Å². The van der Waals surface area contributed by atoms with Gasteiger partial charge in [0, 0.05) is 24.1 Å². The predicted octanol–water partition coefficient (Wildman–Crippen LogP) is 4.37. The quantitative estimate of drug-likeness (QED) is 0.817. The second-order valence-corrected chi connectivity index (χ2v) is 6.88. The molecule has 1 aliphatic carbocycles. The highest BCUT2D eigenvalue weighted by Gasteiger charge is 2.42. The molecule has 0 spiro atoms. The van der Waals surface area contributed by atoms with Gasteiger partial charge in [-0.25, -0.2) is 0 Å². The van der Waals surface area contributed by atoms with Gasteiger partial charge in [0.25, 0.3) is 0 Å². The highest BCUT2D eigenvalue weighted by molar-refractivity contribution is 6.03. The van der Waals surface area contributed by atoms with Gasteiger partial charge in [0.1, 0.15) is 0 Å². The Morgan fingerprint density at radius 2 is 1.65 bits per heavy atom. The molecule has 23 heavy (non-hydrogen) atoms. The van der Waals surface area contributed by atoms with E-state index in [0.717, 1.165) is 18.5 Å². The van der Waals surface area contributed by atoms with Crippen LogP contribution >= 0.6 is 0 Å². The van der Waals surface area contributed by atoms with Crippen LogP contribution in [0.25, 0.3) is 0 Å². The van der Waals surface area contributed by atoms with Crippen molar-refractivity contribution in [2.24, 2.45) is 11.8 Å². The lowest BCUT2D eigenvalue weighted by molar-refractivity contribution is 0.0794. The van der Waals surface area contributed by atoms with Crippen LogP contribution < -0.4 is 0 Å². The van der Waals surface area contributed by atoms with E-state index in [-0.39, 0.29) is 12.0 Å². The van der Waals surface area contributed by atoms with Gasteiger partial charge < -0.3 is 0 Å². The maximum Gasteiger partial charge on any atom is 0.168 e. The van der Waals surface area contributed by atoms with Crippen molar-refractivity contribution in [3.05, 3.63) is 71.3 Å². The monoisotopic (exact) mass is 307 g/mol. The van der Waals surface area contributed by atoms with E-state index in [2.05, 4.69) is 56.1 Å². The molecule has 0 saturated carbocycles. The summed E-state index contributed by atoms with van der Waals surface area (Å²) in [5.41, 5.74) is 3.47. The van der Waals surface area contributed by atoms with Crippen molar-refractivity contribution < 1.29 is 4.79 Å². The molecular weight excluding hydrogens is 282 g/mol. The first-order chi connectivity index (χ1) is 11.1. The molecule has 0 amide bonds. The van der Waals surface area contributed by atoms with Crippen molar-refractivity contribution in [1.29, 1.82) is 0 Å². The molecule has 3 rings (SSSR count). The van der Waals surface area contributed by atoms with E-state index in [1.54, 1.807) is 0 Å². The fourth-order valence-electron chi connectivity index (χ4n) is 3.76. The molecule has 2 atom stereocenters. The molecule has 2 heteroatoms. The van der Waals surface area contributed by atoms with Crippen LogP contribution in [0.4, 0.5) is 0 Å². The summed E-state index contributed by atoms with van der Waals surface area (Å²) < 4.78 is 0. The molecule has 2 nitrogen and oxygen atoms in total. The van der Waals surface area contributed by atoms with E-state index in [1.807, 2.05) is 24.3 Å². The number of carbonyl (C=O) groups is 1. The number of hydrogen-bond donors (Lipinski definition) is 0. The highest BCUT2D eigenvalue weighted by Crippen LogP contribution is 2.43. The molecule has 2 aromatic carbocycles. The van der Waals surface area contributed by atoms with E-state index in [9.17, 15) is 4.79 Å². The summed E-state index contributed by atoms with van der Waals surface area (Å²) >= 11 is 0. The number of nitrogens with zero attached hydrogens (tertiary/aromatic N) is 1. The molecule has 120 valence electrons. The molecule has 0 radical (unpaired) electrons. The third kappa shape index (κ3) is 3.09. The Kier molecular flexibility index (Phi) is 4.63. The van der Waals surface area contributed by atoms with Crippen molar-refractivity contribution >= 4 is 5.78 Å². The Morgan fingerprint density at radius 1 is 1.00 bits per heavy atom. The standard InChI is InChI=1S/C21H25NO/c1-15(2)19-20(17-11-7-8-12-18(17)21(19)23)22(3)14-13-16-9-5-4-6-10-16/h4-12,15,19-20H,13-14H2,1-3H3. The first-order valence-electron chi connectivity index (χ1n) is 8.47. The largest absolute Gasteiger partial charge is 0.298 e. The van der Waals surface area contributed by atoms with Crippen LogP contribution in [0.15, 0.2) is 54.6 Å². The van der Waals surface area contributed by atoms with Crippen LogP contribution in [0.5, 0.6) is 0 Å². The molecule has 0 saturated heterocycles. The average molecular weight is 307 g/mol. The van der Waals surface area contributed by atoms with Gasteiger partial charge in [0.15, 0.2) is 5.78 Å². The lowest BCUT2D eigenvalue weighted by Gasteiger charge is -2.31. The zero-order valence-corrected chi connectivity index (χ0v) is 14.2. The SMILES string of the molecule is CC(C)C1C(=O)c2ccccc2C1N(C)CCc1ccccc1. The van der Waals surface area contributed by atoms with Crippen LogP contribution in [0.2, 0.25) is 0 Å². The highest BCUT2D eigenvalue weighted by atomic mass is 16.1. The molecule has 2 unspecified atom stereocenters. The number of carbonyl (C=O) groups excluding carboxylic acids is 1. The topological polar surface area (TPSA) is 20.3 Å². The number of fused-ring (bicyclic) bond motifs is 1. The number of Topliss-reactive ketones (excluding diaryl/α,β-unsaturated/α-hetero) is 1. The van der Waals surface area contributed by atoms with Crippen molar-refractivity contribution in [2.75, 3.05) is 13.6 Å². The van der Waals surface area contributed by atoms with E-state index in [0.29, 0.717) is 11.7 Å². The Balaban J connectivity index is 1.82. The minimum Gasteiger partial charge on any atom is -0.298 e. The third-order valence-electron chi connectivity index (χ3n) is 4.98. The average Bonchev–Trinajstić information content (AvgIpc) is 2.87. The Hall–Kier alpha value is -1.93. The lowest BCUT2D eigenvalue weighted by Crippen LogP contribution is -2.33. The molecule has 0 fully saturated rings. The summed E-state index contributed by atoms with van der Waals surface area (Å²) in [6.45, 7) is 5.28. The fraction of sp³-hybridized carbons (Fsp3) is 0.381. The maximum absolute atomic E-state index is 12.8. The number of likely N-dealkylation sites (N-methyl/N-ethyl adjacent to an activating group) is 1. The number of rotatable bonds is 5. The summed E-state index contributed by atoms with van der Waals surface area (Å²) in [7, 11) is 2.15. The Morgan fingerprint density at radius 3 is 2.35 bits per heavy atom. The minimum absolute atomic E-state index is 0.0631. The summed E-state index contributed by atoms with van der Waals surface area (Å²) in [6, 6.07) is 18.9. The smallest absolute Gasteiger partial charge is 0.168 e. The molecule has 0 heterocycles. The molecule has 2 aromatic rings. The van der Waals surface area contributed by atoms with E-state index in [4.69, 9.17) is 0 Å². The second-order valence-electron chi connectivity index (χ2n) is 6.88. The van der Waals surface area contributed by atoms with Gasteiger partial charge in [-0.3, -0.25) is 9.69 Å². The first kappa shape index (κ1) is 15.9. The molecule has 0 aromatic heterocycles. The van der Waals surface area contributed by atoms with Gasteiger partial charge in [-0.15, -0.1) is 0 Å². The fourth-order valence-corrected chi connectivity index (χ4v) is 3.76. The molecule has 1 aliphatic rings. The molecule has 0 N–H and O–H groups in total. The Labute approximate surface area is 139 Å². The van der Waals surface area contributed by atoms with Gasteiger partial charge in [-0.05, 0) is 30.5 Å². The van der Waals surface area contributed by atoms with Crippen molar-refractivity contribution in [1.82, 2.24) is 4.90 Å². The van der Waals surface area contributed by atoms with Crippen LogP contribution in [-0.2, 0) is 6.42 Å². The molecule has 0 aliphatic heterocycles. The van der Waals surface area contributed by atoms with E-state index >= 15 is 0 Å². The van der Waals surface area contributed by atoms with E-state index < -0.39 is 0 Å². The van der Waals surface area contributed by atoms with E-state index in [1.165, 1.54) is 11.1 Å². The van der Waals surface area contributed by atoms with Crippen LogP contribution in [-0.4, -0.2) is 24.3 Å². The minimum atomic E-state index is 0.0631. The lowest BCUT2D eigenvalue weighted by atomic mass is 9.87. The zero-order chi connectivity index (χ0) is 16.4. The normalized spacial score (nSPS) is 20.3. The number of hydrogen-bond acceptors (Lipinski definition) is 2. The molecular formula is C21H25NO. The van der Waals surface area contributed by atoms with Crippen molar-refractivity contribution in [3.8, 4) is 0 Å². The Bertz CT molecular complexity index is 677. The number of benzene rings is 2. The van der Waals surface area contributed by atoms with Crippen LogP contribution in [0.3, 0.4) is 0 Å². The predicted molar refractivity (Wildman–Crippen MR) is 94.6 cm³/mol. The van der Waals surface area contributed by atoms with Crippen LogP contribution in [0.1, 0.15) is 41.4 Å². The van der Waals surface area contributed by atoms with Crippen molar-refractivity contribution in [3.63, 3.8) is 0 Å². The summed E-state index contributed by atoms with van der Waals surface area (Å²) in [5, 5.41) is 0. The van der Waals surface area contributed by atoms with Gasteiger partial charge in [0.2, 0.25) is 0 Å². The summed E-state index contributed by atoms with van der Waals surface area (Å²) in [5.74, 6) is 0.722. The first-order valence-corrected chi connectivity index (χ1v) is 8.47. The summed E-state index contributed by atoms with van der Waals surface area (Å²) in [4.78, 5) is 15.2. The van der Waals surface area contributed by atoms with Crippen LogP contribution in [0, 0.1) is 11.8 Å². The molecule has 0 bridgehead atoms. The van der Waals surface area contributed by atoms with Gasteiger partial charge in [0.05, 0.1) is 0 Å². The second kappa shape index (κ2) is 6.67.